The molecule has 7 heteroatoms. The van der Waals surface area contributed by atoms with Gasteiger partial charge in [0.2, 0.25) is 5.76 Å². The number of ether oxygens (including phenoxy) is 1. The molecule has 1 aromatic heterocycles. The maximum atomic E-state index is 12.3. The van der Waals surface area contributed by atoms with E-state index in [0.717, 1.165) is 35.7 Å². The lowest BCUT2D eigenvalue weighted by Crippen LogP contribution is -2.22. The smallest absolute Gasteiger partial charge is 0.374 e. The standard InChI is InChI=1S/C22H20ClNO5/c1-3-13-6-5-7-14(4-2)21(13)24-20(26)12-28-22(27)19-11-17(25)16-10-15(23)8-9-18(16)29-19/h5-11H,3-4,12H2,1-2H3,(H,24,26). The fourth-order valence-corrected chi connectivity index (χ4v) is 3.18. The molecule has 0 radical (unpaired) electrons. The molecule has 0 spiro atoms. The molecule has 0 atom stereocenters. The fraction of sp³-hybridized carbons (Fsp3) is 0.227. The van der Waals surface area contributed by atoms with Gasteiger partial charge in [0.25, 0.3) is 5.91 Å². The Hall–Kier alpha value is -3.12. The van der Waals surface area contributed by atoms with E-state index in [1.54, 1.807) is 6.07 Å². The van der Waals surface area contributed by atoms with Crippen LogP contribution in [0.5, 0.6) is 0 Å². The van der Waals surface area contributed by atoms with E-state index < -0.39 is 23.9 Å². The Kier molecular flexibility index (Phi) is 6.34. The Bertz CT molecular complexity index is 1110. The van der Waals surface area contributed by atoms with Gasteiger partial charge in [0.1, 0.15) is 5.58 Å². The van der Waals surface area contributed by atoms with E-state index in [2.05, 4.69) is 5.32 Å². The van der Waals surface area contributed by atoms with Gasteiger partial charge in [-0.25, -0.2) is 4.79 Å². The Morgan fingerprint density at radius 1 is 1.07 bits per heavy atom. The van der Waals surface area contributed by atoms with Crippen LogP contribution < -0.4 is 10.7 Å². The number of benzene rings is 2. The van der Waals surface area contributed by atoms with Crippen molar-refractivity contribution in [2.24, 2.45) is 0 Å². The minimum Gasteiger partial charge on any atom is -0.450 e. The third kappa shape index (κ3) is 4.66. The van der Waals surface area contributed by atoms with Crippen molar-refractivity contribution in [3.63, 3.8) is 0 Å². The van der Waals surface area contributed by atoms with Crippen LogP contribution in [0.15, 0.2) is 51.7 Å². The van der Waals surface area contributed by atoms with Crippen molar-refractivity contribution in [2.45, 2.75) is 26.7 Å². The number of hydrogen-bond donors (Lipinski definition) is 1. The summed E-state index contributed by atoms with van der Waals surface area (Å²) in [5.41, 5.74) is 2.54. The average molecular weight is 414 g/mol. The van der Waals surface area contributed by atoms with Crippen LogP contribution >= 0.6 is 11.6 Å². The van der Waals surface area contributed by atoms with Crippen LogP contribution in [-0.4, -0.2) is 18.5 Å². The largest absolute Gasteiger partial charge is 0.450 e. The summed E-state index contributed by atoms with van der Waals surface area (Å²) in [6, 6.07) is 11.4. The van der Waals surface area contributed by atoms with Crippen LogP contribution in [0.4, 0.5) is 5.69 Å². The van der Waals surface area contributed by atoms with Gasteiger partial charge < -0.3 is 14.5 Å². The molecule has 0 unspecified atom stereocenters. The molecule has 150 valence electrons. The molecule has 3 rings (SSSR count). The van der Waals surface area contributed by atoms with E-state index in [9.17, 15) is 14.4 Å². The van der Waals surface area contributed by atoms with Crippen molar-refractivity contribution in [3.8, 4) is 0 Å². The third-order valence-electron chi connectivity index (χ3n) is 4.49. The lowest BCUT2D eigenvalue weighted by molar-refractivity contribution is -0.119. The third-order valence-corrected chi connectivity index (χ3v) is 4.72. The van der Waals surface area contributed by atoms with E-state index in [0.29, 0.717) is 5.02 Å². The van der Waals surface area contributed by atoms with E-state index in [1.807, 2.05) is 32.0 Å². The number of anilines is 1. The lowest BCUT2D eigenvalue weighted by Gasteiger charge is -2.14. The Morgan fingerprint density at radius 3 is 2.41 bits per heavy atom. The second-order valence-corrected chi connectivity index (χ2v) is 6.83. The van der Waals surface area contributed by atoms with Crippen LogP contribution in [0.3, 0.4) is 0 Å². The molecule has 1 amide bonds. The highest BCUT2D eigenvalue weighted by molar-refractivity contribution is 6.31. The number of aryl methyl sites for hydroxylation is 2. The van der Waals surface area contributed by atoms with Gasteiger partial charge in [0.05, 0.1) is 5.39 Å². The van der Waals surface area contributed by atoms with Crippen LogP contribution in [0, 0.1) is 0 Å². The Labute approximate surface area is 172 Å². The molecule has 0 bridgehead atoms. The summed E-state index contributed by atoms with van der Waals surface area (Å²) < 4.78 is 10.4. The molecule has 0 fully saturated rings. The van der Waals surface area contributed by atoms with Crippen molar-refractivity contribution < 1.29 is 18.7 Å². The highest BCUT2D eigenvalue weighted by Gasteiger charge is 2.17. The highest BCUT2D eigenvalue weighted by Crippen LogP contribution is 2.22. The zero-order valence-electron chi connectivity index (χ0n) is 16.1. The number of esters is 1. The fourth-order valence-electron chi connectivity index (χ4n) is 3.01. The lowest BCUT2D eigenvalue weighted by atomic mass is 10.0. The molecular weight excluding hydrogens is 394 g/mol. The van der Waals surface area contributed by atoms with Crippen molar-refractivity contribution >= 4 is 40.1 Å². The predicted molar refractivity (Wildman–Crippen MR) is 112 cm³/mol. The number of halogens is 1. The van der Waals surface area contributed by atoms with E-state index in [4.69, 9.17) is 20.8 Å². The molecule has 0 aliphatic heterocycles. The van der Waals surface area contributed by atoms with Gasteiger partial charge in [-0.2, -0.15) is 0 Å². The summed E-state index contributed by atoms with van der Waals surface area (Å²) in [5, 5.41) is 3.46. The molecule has 0 saturated heterocycles. The molecule has 0 saturated carbocycles. The van der Waals surface area contributed by atoms with Crippen LogP contribution in [0.1, 0.15) is 35.5 Å². The first-order chi connectivity index (χ1) is 13.9. The van der Waals surface area contributed by atoms with Crippen LogP contribution in [0.2, 0.25) is 5.02 Å². The van der Waals surface area contributed by atoms with Crippen molar-refractivity contribution in [1.29, 1.82) is 0 Å². The van der Waals surface area contributed by atoms with Gasteiger partial charge >= 0.3 is 5.97 Å². The summed E-state index contributed by atoms with van der Waals surface area (Å²) >= 11 is 5.87. The number of nitrogens with one attached hydrogen (secondary N) is 1. The van der Waals surface area contributed by atoms with Gasteiger partial charge in [0.15, 0.2) is 12.0 Å². The molecule has 1 N–H and O–H groups in total. The molecule has 6 nitrogen and oxygen atoms in total. The predicted octanol–water partition coefficient (Wildman–Crippen LogP) is 4.37. The zero-order chi connectivity index (χ0) is 21.0. The number of para-hydroxylation sites is 1. The van der Waals surface area contributed by atoms with Gasteiger partial charge in [-0.15, -0.1) is 0 Å². The maximum absolute atomic E-state index is 12.3. The second-order valence-electron chi connectivity index (χ2n) is 6.40. The zero-order valence-corrected chi connectivity index (χ0v) is 16.8. The van der Waals surface area contributed by atoms with E-state index in [-0.39, 0.29) is 16.7 Å². The number of rotatable bonds is 6. The van der Waals surface area contributed by atoms with Gasteiger partial charge in [-0.3, -0.25) is 9.59 Å². The molecule has 3 aromatic rings. The van der Waals surface area contributed by atoms with Crippen LogP contribution in [0.25, 0.3) is 11.0 Å². The number of carbonyl (C=O) groups excluding carboxylic acids is 2. The number of fused-ring (bicyclic) bond motifs is 1. The van der Waals surface area contributed by atoms with Gasteiger partial charge in [0, 0.05) is 16.8 Å². The number of carbonyl (C=O) groups is 2. The van der Waals surface area contributed by atoms with E-state index in [1.165, 1.54) is 12.1 Å². The number of hydrogen-bond acceptors (Lipinski definition) is 5. The minimum atomic E-state index is -0.895. The minimum absolute atomic E-state index is 0.211. The highest BCUT2D eigenvalue weighted by atomic mass is 35.5. The second kappa shape index (κ2) is 8.92. The maximum Gasteiger partial charge on any atom is 0.374 e. The number of amides is 1. The summed E-state index contributed by atoms with van der Waals surface area (Å²) in [5.74, 6) is -1.64. The quantitative estimate of drug-likeness (QED) is 0.606. The summed E-state index contributed by atoms with van der Waals surface area (Å²) in [4.78, 5) is 36.7. The first-order valence-electron chi connectivity index (χ1n) is 9.24. The topological polar surface area (TPSA) is 85.6 Å². The average Bonchev–Trinajstić information content (AvgIpc) is 2.72. The molecule has 2 aromatic carbocycles. The summed E-state index contributed by atoms with van der Waals surface area (Å²) in [7, 11) is 0. The molecule has 0 aliphatic rings. The van der Waals surface area contributed by atoms with E-state index >= 15 is 0 Å². The van der Waals surface area contributed by atoms with Crippen molar-refractivity contribution in [1.82, 2.24) is 0 Å². The SMILES string of the molecule is CCc1cccc(CC)c1NC(=O)COC(=O)c1cc(=O)c2cc(Cl)ccc2o1. The summed E-state index contributed by atoms with van der Waals surface area (Å²) in [6.45, 7) is 3.50. The molecule has 0 aliphatic carbocycles. The van der Waals surface area contributed by atoms with Crippen molar-refractivity contribution in [3.05, 3.63) is 74.6 Å². The molecule has 29 heavy (non-hydrogen) atoms. The monoisotopic (exact) mass is 413 g/mol. The van der Waals surface area contributed by atoms with Crippen molar-refractivity contribution in [2.75, 3.05) is 11.9 Å². The first-order valence-corrected chi connectivity index (χ1v) is 9.61. The van der Waals surface area contributed by atoms with Gasteiger partial charge in [-0.1, -0.05) is 43.6 Å². The summed E-state index contributed by atoms with van der Waals surface area (Å²) in [6.07, 6.45) is 1.52. The Balaban J connectivity index is 1.71. The van der Waals surface area contributed by atoms with Crippen LogP contribution in [-0.2, 0) is 22.4 Å². The first kappa shape index (κ1) is 20.6. The Morgan fingerprint density at radius 2 is 1.76 bits per heavy atom. The molecule has 1 heterocycles. The normalized spacial score (nSPS) is 10.7. The molecular formula is C22H20ClNO5. The van der Waals surface area contributed by atoms with Gasteiger partial charge in [-0.05, 0) is 42.2 Å².